The van der Waals surface area contributed by atoms with Gasteiger partial charge in [-0.05, 0) is 19.4 Å². The number of nitrogens with one attached hydrogen (secondary N) is 1. The van der Waals surface area contributed by atoms with Crippen molar-refractivity contribution in [3.05, 3.63) is 29.3 Å². The van der Waals surface area contributed by atoms with Crippen LogP contribution >= 0.6 is 0 Å². The van der Waals surface area contributed by atoms with Gasteiger partial charge in [0.1, 0.15) is 5.75 Å². The fourth-order valence-corrected chi connectivity index (χ4v) is 2.37. The smallest absolute Gasteiger partial charge is 0.129 e. The minimum Gasteiger partial charge on any atom is -0.496 e. The Hall–Kier alpha value is -1.06. The Morgan fingerprint density at radius 2 is 2.31 bits per heavy atom. The minimum atomic E-state index is 0.0315. The van der Waals surface area contributed by atoms with Crippen molar-refractivity contribution < 1.29 is 9.84 Å². The van der Waals surface area contributed by atoms with E-state index in [1.165, 1.54) is 18.4 Å². The SMILES string of the molecule is COc1c(CO)cccc1C1CCCCN1. The Balaban J connectivity index is 2.30. The molecule has 2 N–H and O–H groups in total. The molecule has 1 atom stereocenters. The number of aliphatic hydroxyl groups excluding tert-OH is 1. The molecule has 1 heterocycles. The normalized spacial score (nSPS) is 20.8. The van der Waals surface area contributed by atoms with E-state index in [4.69, 9.17) is 4.74 Å². The first-order chi connectivity index (χ1) is 7.86. The molecule has 0 radical (unpaired) electrons. The van der Waals surface area contributed by atoms with Crippen LogP contribution in [0, 0.1) is 0 Å². The maximum atomic E-state index is 9.27. The molecule has 1 aliphatic heterocycles. The maximum absolute atomic E-state index is 9.27. The molecule has 2 rings (SSSR count). The molecule has 1 aromatic rings. The third-order valence-corrected chi connectivity index (χ3v) is 3.19. The van der Waals surface area contributed by atoms with E-state index in [2.05, 4.69) is 11.4 Å². The molecule has 3 nitrogen and oxygen atoms in total. The van der Waals surface area contributed by atoms with Crippen molar-refractivity contribution >= 4 is 0 Å². The largest absolute Gasteiger partial charge is 0.496 e. The Bertz CT molecular complexity index is 346. The highest BCUT2D eigenvalue weighted by Gasteiger charge is 2.19. The average molecular weight is 221 g/mol. The number of ether oxygens (including phenoxy) is 1. The van der Waals surface area contributed by atoms with Crippen molar-refractivity contribution in [1.82, 2.24) is 5.32 Å². The third-order valence-electron chi connectivity index (χ3n) is 3.19. The Kier molecular flexibility index (Phi) is 3.80. The van der Waals surface area contributed by atoms with Crippen LogP contribution in [0.15, 0.2) is 18.2 Å². The predicted octanol–water partition coefficient (Wildman–Crippen LogP) is 2.00. The van der Waals surface area contributed by atoms with Gasteiger partial charge in [0, 0.05) is 17.2 Å². The lowest BCUT2D eigenvalue weighted by atomic mass is 9.95. The van der Waals surface area contributed by atoms with Gasteiger partial charge in [-0.15, -0.1) is 0 Å². The molecule has 1 aromatic carbocycles. The zero-order valence-corrected chi connectivity index (χ0v) is 9.70. The summed E-state index contributed by atoms with van der Waals surface area (Å²) in [7, 11) is 1.67. The van der Waals surface area contributed by atoms with E-state index in [9.17, 15) is 5.11 Å². The Labute approximate surface area is 96.4 Å². The van der Waals surface area contributed by atoms with Crippen LogP contribution in [0.1, 0.15) is 36.4 Å². The monoisotopic (exact) mass is 221 g/mol. The van der Waals surface area contributed by atoms with E-state index in [1.807, 2.05) is 12.1 Å². The number of piperidine rings is 1. The van der Waals surface area contributed by atoms with Crippen LogP contribution in [0.5, 0.6) is 5.75 Å². The van der Waals surface area contributed by atoms with Gasteiger partial charge in [0.05, 0.1) is 13.7 Å². The first kappa shape index (κ1) is 11.4. The fraction of sp³-hybridized carbons (Fsp3) is 0.538. The molecule has 0 aliphatic carbocycles. The summed E-state index contributed by atoms with van der Waals surface area (Å²) in [5, 5.41) is 12.8. The molecule has 1 unspecified atom stereocenters. The highest BCUT2D eigenvalue weighted by atomic mass is 16.5. The topological polar surface area (TPSA) is 41.5 Å². The van der Waals surface area contributed by atoms with Crippen molar-refractivity contribution in [1.29, 1.82) is 0 Å². The van der Waals surface area contributed by atoms with Crippen LogP contribution < -0.4 is 10.1 Å². The summed E-state index contributed by atoms with van der Waals surface area (Å²) in [6.07, 6.45) is 3.65. The molecule has 88 valence electrons. The summed E-state index contributed by atoms with van der Waals surface area (Å²) >= 11 is 0. The van der Waals surface area contributed by atoms with Gasteiger partial charge < -0.3 is 15.2 Å². The molecule has 0 aromatic heterocycles. The van der Waals surface area contributed by atoms with Gasteiger partial charge in [-0.25, -0.2) is 0 Å². The second-order valence-electron chi connectivity index (χ2n) is 4.20. The van der Waals surface area contributed by atoms with Gasteiger partial charge in [-0.1, -0.05) is 24.6 Å². The number of benzene rings is 1. The Morgan fingerprint density at radius 3 is 2.94 bits per heavy atom. The second kappa shape index (κ2) is 5.32. The molecule has 1 saturated heterocycles. The number of hydrogen-bond donors (Lipinski definition) is 2. The van der Waals surface area contributed by atoms with Crippen LogP contribution in [-0.4, -0.2) is 18.8 Å². The molecule has 1 aliphatic rings. The lowest BCUT2D eigenvalue weighted by Gasteiger charge is -2.26. The molecular formula is C13H19NO2. The van der Waals surface area contributed by atoms with Gasteiger partial charge in [0.2, 0.25) is 0 Å². The van der Waals surface area contributed by atoms with E-state index in [1.54, 1.807) is 7.11 Å². The number of hydrogen-bond acceptors (Lipinski definition) is 3. The molecule has 0 spiro atoms. The van der Waals surface area contributed by atoms with Crippen molar-refractivity contribution in [2.75, 3.05) is 13.7 Å². The average Bonchev–Trinajstić information content (AvgIpc) is 2.38. The van der Waals surface area contributed by atoms with Crippen molar-refractivity contribution in [3.8, 4) is 5.75 Å². The van der Waals surface area contributed by atoms with E-state index in [-0.39, 0.29) is 6.61 Å². The van der Waals surface area contributed by atoms with Gasteiger partial charge in [0.25, 0.3) is 0 Å². The number of para-hydroxylation sites is 1. The zero-order valence-electron chi connectivity index (χ0n) is 9.70. The van der Waals surface area contributed by atoms with Crippen LogP contribution in [0.2, 0.25) is 0 Å². The highest BCUT2D eigenvalue weighted by molar-refractivity contribution is 5.43. The van der Waals surface area contributed by atoms with E-state index < -0.39 is 0 Å². The molecule has 16 heavy (non-hydrogen) atoms. The van der Waals surface area contributed by atoms with Gasteiger partial charge >= 0.3 is 0 Å². The van der Waals surface area contributed by atoms with Crippen molar-refractivity contribution in [2.45, 2.75) is 31.9 Å². The predicted molar refractivity (Wildman–Crippen MR) is 63.5 cm³/mol. The van der Waals surface area contributed by atoms with Gasteiger partial charge in [-0.2, -0.15) is 0 Å². The van der Waals surface area contributed by atoms with Gasteiger partial charge in [-0.3, -0.25) is 0 Å². The summed E-state index contributed by atoms with van der Waals surface area (Å²) in [6, 6.07) is 6.35. The third kappa shape index (κ3) is 2.20. The molecule has 3 heteroatoms. The standard InChI is InChI=1S/C13H19NO2/c1-16-13-10(9-15)5-4-6-11(13)12-7-2-3-8-14-12/h4-6,12,14-15H,2-3,7-9H2,1H3. The maximum Gasteiger partial charge on any atom is 0.129 e. The van der Waals surface area contributed by atoms with Crippen LogP contribution in [-0.2, 0) is 6.61 Å². The van der Waals surface area contributed by atoms with Crippen molar-refractivity contribution in [3.63, 3.8) is 0 Å². The van der Waals surface area contributed by atoms with E-state index in [0.29, 0.717) is 6.04 Å². The van der Waals surface area contributed by atoms with Crippen LogP contribution in [0.4, 0.5) is 0 Å². The zero-order chi connectivity index (χ0) is 11.4. The first-order valence-electron chi connectivity index (χ1n) is 5.87. The molecule has 0 bridgehead atoms. The summed E-state index contributed by atoms with van der Waals surface area (Å²) in [5.74, 6) is 0.837. The lowest BCUT2D eigenvalue weighted by Crippen LogP contribution is -2.27. The van der Waals surface area contributed by atoms with E-state index >= 15 is 0 Å². The Morgan fingerprint density at radius 1 is 1.44 bits per heavy atom. The molecule has 1 fully saturated rings. The van der Waals surface area contributed by atoms with Gasteiger partial charge in [0.15, 0.2) is 0 Å². The van der Waals surface area contributed by atoms with Crippen LogP contribution in [0.3, 0.4) is 0 Å². The van der Waals surface area contributed by atoms with E-state index in [0.717, 1.165) is 24.3 Å². The minimum absolute atomic E-state index is 0.0315. The molecular weight excluding hydrogens is 202 g/mol. The quantitative estimate of drug-likeness (QED) is 0.820. The number of aliphatic hydroxyl groups is 1. The van der Waals surface area contributed by atoms with Crippen molar-refractivity contribution in [2.24, 2.45) is 0 Å². The van der Waals surface area contributed by atoms with Crippen LogP contribution in [0.25, 0.3) is 0 Å². The second-order valence-corrected chi connectivity index (χ2v) is 4.20. The molecule has 0 amide bonds. The number of rotatable bonds is 3. The summed E-state index contributed by atoms with van der Waals surface area (Å²) < 4.78 is 5.42. The lowest BCUT2D eigenvalue weighted by molar-refractivity contribution is 0.272. The first-order valence-corrected chi connectivity index (χ1v) is 5.87. The summed E-state index contributed by atoms with van der Waals surface area (Å²) in [5.41, 5.74) is 2.04. The molecule has 0 saturated carbocycles. The fourth-order valence-electron chi connectivity index (χ4n) is 2.37. The number of methoxy groups -OCH3 is 1. The highest BCUT2D eigenvalue weighted by Crippen LogP contribution is 2.33. The summed E-state index contributed by atoms with van der Waals surface area (Å²) in [4.78, 5) is 0. The summed E-state index contributed by atoms with van der Waals surface area (Å²) in [6.45, 7) is 1.10.